The van der Waals surface area contributed by atoms with E-state index in [2.05, 4.69) is 37.5 Å². The van der Waals surface area contributed by atoms with Gasteiger partial charge in [0.2, 0.25) is 0 Å². The second kappa shape index (κ2) is 5.21. The van der Waals surface area contributed by atoms with Crippen molar-refractivity contribution in [1.82, 2.24) is 5.43 Å². The number of aryl methyl sites for hydroxylation is 2. The Balaban J connectivity index is 2.28. The number of benzene rings is 1. The van der Waals surface area contributed by atoms with E-state index in [1.807, 2.05) is 11.8 Å². The molecule has 0 spiro atoms. The number of nitrogens with one attached hydrogen (secondary N) is 1. The summed E-state index contributed by atoms with van der Waals surface area (Å²) in [7, 11) is 0. The van der Waals surface area contributed by atoms with E-state index in [0.29, 0.717) is 11.3 Å². The van der Waals surface area contributed by atoms with E-state index in [9.17, 15) is 0 Å². The molecule has 1 aliphatic heterocycles. The first-order chi connectivity index (χ1) is 7.72. The summed E-state index contributed by atoms with van der Waals surface area (Å²) in [5.41, 5.74) is 7.01. The Labute approximate surface area is 102 Å². The van der Waals surface area contributed by atoms with Crippen molar-refractivity contribution < 1.29 is 0 Å². The van der Waals surface area contributed by atoms with Crippen LogP contribution in [0.3, 0.4) is 0 Å². The van der Waals surface area contributed by atoms with Gasteiger partial charge >= 0.3 is 0 Å². The molecule has 2 unspecified atom stereocenters. The summed E-state index contributed by atoms with van der Waals surface area (Å²) in [6, 6.07) is 6.91. The Hall–Kier alpha value is -0.510. The summed E-state index contributed by atoms with van der Waals surface area (Å²) in [6.07, 6.45) is 2.59. The molecule has 1 heterocycles. The molecule has 88 valence electrons. The Kier molecular flexibility index (Phi) is 3.90. The van der Waals surface area contributed by atoms with Crippen LogP contribution in [-0.2, 0) is 0 Å². The molecule has 0 aliphatic carbocycles. The van der Waals surface area contributed by atoms with E-state index in [1.165, 1.54) is 35.3 Å². The topological polar surface area (TPSA) is 38.0 Å². The van der Waals surface area contributed by atoms with Crippen molar-refractivity contribution in [3.63, 3.8) is 0 Å². The van der Waals surface area contributed by atoms with E-state index in [1.54, 1.807) is 0 Å². The van der Waals surface area contributed by atoms with Crippen LogP contribution in [0.1, 0.15) is 35.6 Å². The molecule has 16 heavy (non-hydrogen) atoms. The van der Waals surface area contributed by atoms with E-state index in [4.69, 9.17) is 5.84 Å². The summed E-state index contributed by atoms with van der Waals surface area (Å²) >= 11 is 2.04. The first-order valence-corrected chi connectivity index (χ1v) is 6.92. The van der Waals surface area contributed by atoms with Crippen LogP contribution in [0, 0.1) is 13.8 Å². The summed E-state index contributed by atoms with van der Waals surface area (Å²) in [6.45, 7) is 4.30. The Morgan fingerprint density at radius 2 is 2.25 bits per heavy atom. The van der Waals surface area contributed by atoms with Crippen molar-refractivity contribution in [2.45, 2.75) is 38.0 Å². The third kappa shape index (κ3) is 2.42. The molecule has 1 fully saturated rings. The molecule has 1 aliphatic rings. The van der Waals surface area contributed by atoms with Crippen LogP contribution >= 0.6 is 11.8 Å². The minimum absolute atomic E-state index is 0.299. The highest BCUT2D eigenvalue weighted by Gasteiger charge is 2.26. The lowest BCUT2D eigenvalue weighted by molar-refractivity contribution is 0.518. The highest BCUT2D eigenvalue weighted by molar-refractivity contribution is 8.00. The number of hydrazine groups is 1. The molecule has 2 nitrogen and oxygen atoms in total. The molecule has 0 aromatic heterocycles. The predicted octanol–water partition coefficient (Wildman–Crippen LogP) is 2.70. The smallest absolute Gasteiger partial charge is 0.0581 e. The molecule has 1 aromatic rings. The Morgan fingerprint density at radius 3 is 2.88 bits per heavy atom. The van der Waals surface area contributed by atoms with Gasteiger partial charge in [-0.3, -0.25) is 11.3 Å². The van der Waals surface area contributed by atoms with Crippen LogP contribution in [0.5, 0.6) is 0 Å². The van der Waals surface area contributed by atoms with Gasteiger partial charge in [0, 0.05) is 5.25 Å². The highest BCUT2D eigenvalue weighted by atomic mass is 32.2. The van der Waals surface area contributed by atoms with Gasteiger partial charge in [-0.25, -0.2) is 0 Å². The van der Waals surface area contributed by atoms with Crippen molar-refractivity contribution in [2.24, 2.45) is 5.84 Å². The quantitative estimate of drug-likeness (QED) is 0.626. The number of rotatable bonds is 3. The second-order valence-corrected chi connectivity index (χ2v) is 5.90. The van der Waals surface area contributed by atoms with Crippen LogP contribution in [-0.4, -0.2) is 11.0 Å². The molecule has 0 radical (unpaired) electrons. The molecule has 0 bridgehead atoms. The maximum Gasteiger partial charge on any atom is 0.0581 e. The monoisotopic (exact) mass is 236 g/mol. The van der Waals surface area contributed by atoms with E-state index in [0.717, 1.165) is 0 Å². The highest BCUT2D eigenvalue weighted by Crippen LogP contribution is 2.36. The third-order valence-electron chi connectivity index (χ3n) is 3.29. The molecule has 3 heteroatoms. The molecule has 2 rings (SSSR count). The van der Waals surface area contributed by atoms with Gasteiger partial charge in [-0.05, 0) is 43.6 Å². The van der Waals surface area contributed by atoms with Crippen LogP contribution < -0.4 is 11.3 Å². The fourth-order valence-corrected chi connectivity index (χ4v) is 3.74. The van der Waals surface area contributed by atoms with Crippen LogP contribution in [0.4, 0.5) is 0 Å². The normalized spacial score (nSPS) is 22.3. The molecule has 0 amide bonds. The third-order valence-corrected chi connectivity index (χ3v) is 4.75. The van der Waals surface area contributed by atoms with Crippen molar-refractivity contribution >= 4 is 11.8 Å². The number of hydrogen-bond donors (Lipinski definition) is 2. The zero-order valence-electron chi connectivity index (χ0n) is 9.99. The Bertz CT molecular complexity index is 359. The minimum atomic E-state index is 0.299. The predicted molar refractivity (Wildman–Crippen MR) is 71.5 cm³/mol. The zero-order chi connectivity index (χ0) is 11.5. The lowest BCUT2D eigenvalue weighted by Crippen LogP contribution is -2.34. The standard InChI is InChI=1S/C13H20N2S/c1-9-5-6-10(2)11(8-9)13(15-14)12-4-3-7-16-12/h5-6,8,12-13,15H,3-4,7,14H2,1-2H3. The van der Waals surface area contributed by atoms with Gasteiger partial charge in [0.05, 0.1) is 6.04 Å². The van der Waals surface area contributed by atoms with E-state index in [-0.39, 0.29) is 0 Å². The first kappa shape index (κ1) is 12.0. The number of hydrogen-bond acceptors (Lipinski definition) is 3. The van der Waals surface area contributed by atoms with Gasteiger partial charge in [-0.1, -0.05) is 23.8 Å². The van der Waals surface area contributed by atoms with Gasteiger partial charge in [0.25, 0.3) is 0 Å². The fourth-order valence-electron chi connectivity index (χ4n) is 2.36. The van der Waals surface area contributed by atoms with Gasteiger partial charge in [0.15, 0.2) is 0 Å². The number of nitrogens with two attached hydrogens (primary N) is 1. The first-order valence-electron chi connectivity index (χ1n) is 5.87. The van der Waals surface area contributed by atoms with Crippen LogP contribution in [0.2, 0.25) is 0 Å². The summed E-state index contributed by atoms with van der Waals surface area (Å²) in [5, 5.41) is 0.630. The summed E-state index contributed by atoms with van der Waals surface area (Å²) < 4.78 is 0. The molecule has 1 aromatic carbocycles. The van der Waals surface area contributed by atoms with Gasteiger partial charge < -0.3 is 0 Å². The Morgan fingerprint density at radius 1 is 1.44 bits per heavy atom. The number of thioether (sulfide) groups is 1. The maximum absolute atomic E-state index is 5.74. The van der Waals surface area contributed by atoms with E-state index >= 15 is 0 Å². The van der Waals surface area contributed by atoms with E-state index < -0.39 is 0 Å². The molecule has 0 saturated carbocycles. The average molecular weight is 236 g/mol. The van der Waals surface area contributed by atoms with Crippen molar-refractivity contribution in [3.05, 3.63) is 34.9 Å². The molecule has 1 saturated heterocycles. The van der Waals surface area contributed by atoms with Gasteiger partial charge in [0.1, 0.15) is 0 Å². The van der Waals surface area contributed by atoms with Crippen molar-refractivity contribution in [3.8, 4) is 0 Å². The molecular weight excluding hydrogens is 216 g/mol. The summed E-state index contributed by atoms with van der Waals surface area (Å²) in [4.78, 5) is 0. The largest absolute Gasteiger partial charge is 0.271 e. The van der Waals surface area contributed by atoms with Crippen molar-refractivity contribution in [1.29, 1.82) is 0 Å². The molecule has 3 N–H and O–H groups in total. The zero-order valence-corrected chi connectivity index (χ0v) is 10.8. The fraction of sp³-hybridized carbons (Fsp3) is 0.538. The second-order valence-electron chi connectivity index (χ2n) is 4.56. The van der Waals surface area contributed by atoms with Gasteiger partial charge in [-0.2, -0.15) is 11.8 Å². The SMILES string of the molecule is Cc1ccc(C)c(C(NN)C2CCCS2)c1. The lowest BCUT2D eigenvalue weighted by Gasteiger charge is -2.24. The maximum atomic E-state index is 5.74. The van der Waals surface area contributed by atoms with Crippen molar-refractivity contribution in [2.75, 3.05) is 5.75 Å². The minimum Gasteiger partial charge on any atom is -0.271 e. The molecule has 2 atom stereocenters. The molecular formula is C13H20N2S. The summed E-state index contributed by atoms with van der Waals surface area (Å²) in [5.74, 6) is 7.01. The lowest BCUT2D eigenvalue weighted by atomic mass is 9.95. The van der Waals surface area contributed by atoms with Crippen LogP contribution in [0.15, 0.2) is 18.2 Å². The van der Waals surface area contributed by atoms with Crippen LogP contribution in [0.25, 0.3) is 0 Å². The average Bonchev–Trinajstić information content (AvgIpc) is 2.78. The van der Waals surface area contributed by atoms with Gasteiger partial charge in [-0.15, -0.1) is 0 Å².